The summed E-state index contributed by atoms with van der Waals surface area (Å²) in [6.07, 6.45) is 0. The van der Waals surface area contributed by atoms with E-state index in [-0.39, 0.29) is 0 Å². The molecule has 0 aliphatic carbocycles. The zero-order chi connectivity index (χ0) is 19.5. The van der Waals surface area contributed by atoms with Crippen LogP contribution in [-0.4, -0.2) is 15.7 Å². The number of hydrazone groups is 1. The molecule has 4 heteroatoms. The number of hydrogen-bond donors (Lipinski definition) is 1. The molecular formula is C24H22N4. The van der Waals surface area contributed by atoms with E-state index in [2.05, 4.69) is 60.8 Å². The van der Waals surface area contributed by atoms with Crippen molar-refractivity contribution < 1.29 is 0 Å². The van der Waals surface area contributed by atoms with Crippen LogP contribution in [0, 0.1) is 13.8 Å². The average molecular weight is 366 g/mol. The van der Waals surface area contributed by atoms with Crippen molar-refractivity contribution in [2.24, 2.45) is 5.10 Å². The van der Waals surface area contributed by atoms with Crippen LogP contribution >= 0.6 is 0 Å². The Morgan fingerprint density at radius 2 is 1.43 bits per heavy atom. The maximum Gasteiger partial charge on any atom is 0.162 e. The second-order valence-corrected chi connectivity index (χ2v) is 6.95. The Labute approximate surface area is 165 Å². The van der Waals surface area contributed by atoms with Gasteiger partial charge in [0.15, 0.2) is 11.6 Å². The number of nitrogens with zero attached hydrogens (tertiary/aromatic N) is 3. The molecule has 4 nitrogen and oxygen atoms in total. The van der Waals surface area contributed by atoms with Gasteiger partial charge in [-0.25, -0.2) is 9.97 Å². The molecule has 1 heterocycles. The summed E-state index contributed by atoms with van der Waals surface area (Å²) < 4.78 is 0. The summed E-state index contributed by atoms with van der Waals surface area (Å²) >= 11 is 0. The zero-order valence-corrected chi connectivity index (χ0v) is 16.3. The third-order valence-electron chi connectivity index (χ3n) is 4.71. The molecule has 0 spiro atoms. The first-order chi connectivity index (χ1) is 13.6. The number of nitrogens with one attached hydrogen (secondary N) is 1. The zero-order valence-electron chi connectivity index (χ0n) is 16.3. The van der Waals surface area contributed by atoms with Crippen LogP contribution in [0.25, 0.3) is 22.3 Å². The van der Waals surface area contributed by atoms with Gasteiger partial charge in [-0.1, -0.05) is 71.8 Å². The number of anilines is 1. The molecule has 0 saturated heterocycles. The van der Waals surface area contributed by atoms with E-state index in [0.29, 0.717) is 11.6 Å². The Morgan fingerprint density at radius 1 is 0.786 bits per heavy atom. The lowest BCUT2D eigenvalue weighted by atomic mass is 10.1. The van der Waals surface area contributed by atoms with Gasteiger partial charge >= 0.3 is 0 Å². The van der Waals surface area contributed by atoms with Crippen LogP contribution in [0.15, 0.2) is 77.9 Å². The normalized spacial score (nSPS) is 11.6. The van der Waals surface area contributed by atoms with E-state index in [9.17, 15) is 0 Å². The fraction of sp³-hybridized carbons (Fsp3) is 0.125. The SMILES string of the molecule is C/C(=N/Nc1nc(-c2ccc(C)cc2)nc2ccccc12)c1ccc(C)cc1. The maximum absolute atomic E-state index is 4.75. The number of rotatable bonds is 4. The molecule has 1 aromatic heterocycles. The molecule has 1 N–H and O–H groups in total. The second kappa shape index (κ2) is 7.61. The molecule has 0 unspecified atom stereocenters. The van der Waals surface area contributed by atoms with Gasteiger partial charge in [-0.2, -0.15) is 5.10 Å². The predicted molar refractivity (Wildman–Crippen MR) is 117 cm³/mol. The summed E-state index contributed by atoms with van der Waals surface area (Å²) in [5.74, 6) is 1.39. The van der Waals surface area contributed by atoms with E-state index in [0.717, 1.165) is 27.7 Å². The van der Waals surface area contributed by atoms with Crippen LogP contribution < -0.4 is 5.43 Å². The van der Waals surface area contributed by atoms with Gasteiger partial charge in [0.2, 0.25) is 0 Å². The highest BCUT2D eigenvalue weighted by Crippen LogP contribution is 2.25. The number of aromatic nitrogens is 2. The third kappa shape index (κ3) is 3.76. The summed E-state index contributed by atoms with van der Waals surface area (Å²) in [6.45, 7) is 6.14. The van der Waals surface area contributed by atoms with Gasteiger partial charge in [0.1, 0.15) is 0 Å². The van der Waals surface area contributed by atoms with Crippen molar-refractivity contribution in [3.63, 3.8) is 0 Å². The summed E-state index contributed by atoms with van der Waals surface area (Å²) in [6, 6.07) is 24.5. The topological polar surface area (TPSA) is 50.2 Å². The molecule has 138 valence electrons. The maximum atomic E-state index is 4.75. The minimum absolute atomic E-state index is 0.685. The molecule has 0 saturated carbocycles. The molecule has 0 aliphatic rings. The minimum atomic E-state index is 0.685. The van der Waals surface area contributed by atoms with Crippen LogP contribution in [0.5, 0.6) is 0 Å². The first-order valence-corrected chi connectivity index (χ1v) is 9.31. The number of benzene rings is 3. The van der Waals surface area contributed by atoms with Crippen molar-refractivity contribution in [3.05, 3.63) is 89.5 Å². The molecule has 0 aliphatic heterocycles. The van der Waals surface area contributed by atoms with Gasteiger partial charge in [0.25, 0.3) is 0 Å². The largest absolute Gasteiger partial charge is 0.260 e. The molecule has 0 amide bonds. The van der Waals surface area contributed by atoms with E-state index in [1.54, 1.807) is 0 Å². The van der Waals surface area contributed by atoms with Gasteiger partial charge < -0.3 is 0 Å². The van der Waals surface area contributed by atoms with Gasteiger partial charge in [-0.15, -0.1) is 0 Å². The van der Waals surface area contributed by atoms with E-state index in [4.69, 9.17) is 9.97 Å². The average Bonchev–Trinajstić information content (AvgIpc) is 2.72. The Bertz CT molecular complexity index is 1140. The highest BCUT2D eigenvalue weighted by Gasteiger charge is 2.09. The molecule has 28 heavy (non-hydrogen) atoms. The van der Waals surface area contributed by atoms with Gasteiger partial charge in [-0.05, 0) is 38.5 Å². The number of fused-ring (bicyclic) bond motifs is 1. The quantitative estimate of drug-likeness (QED) is 0.369. The van der Waals surface area contributed by atoms with E-state index < -0.39 is 0 Å². The summed E-state index contributed by atoms with van der Waals surface area (Å²) in [5, 5.41) is 5.51. The van der Waals surface area contributed by atoms with E-state index in [1.807, 2.05) is 43.3 Å². The van der Waals surface area contributed by atoms with E-state index >= 15 is 0 Å². The summed E-state index contributed by atoms with van der Waals surface area (Å²) in [4.78, 5) is 9.48. The highest BCUT2D eigenvalue weighted by atomic mass is 15.3. The fourth-order valence-electron chi connectivity index (χ4n) is 2.99. The smallest absolute Gasteiger partial charge is 0.162 e. The van der Waals surface area contributed by atoms with Crippen molar-refractivity contribution in [2.45, 2.75) is 20.8 Å². The summed E-state index contributed by atoms with van der Waals surface area (Å²) in [7, 11) is 0. The number of aryl methyl sites for hydroxylation is 2. The Kier molecular flexibility index (Phi) is 4.85. The Hall–Kier alpha value is -3.53. The van der Waals surface area contributed by atoms with Crippen molar-refractivity contribution >= 4 is 22.4 Å². The van der Waals surface area contributed by atoms with Gasteiger partial charge in [0, 0.05) is 10.9 Å². The highest BCUT2D eigenvalue weighted by molar-refractivity contribution is 5.99. The van der Waals surface area contributed by atoms with Crippen molar-refractivity contribution in [1.82, 2.24) is 9.97 Å². The van der Waals surface area contributed by atoms with Crippen LogP contribution in [0.2, 0.25) is 0 Å². The standard InChI is InChI=1S/C24H22N4/c1-16-8-12-19(13-9-16)18(3)27-28-24-21-6-4-5-7-22(21)25-23(26-24)20-14-10-17(2)11-15-20/h4-15H,1-3H3,(H,25,26,28)/b27-18-. The molecule has 0 atom stereocenters. The predicted octanol–water partition coefficient (Wildman–Crippen LogP) is 5.75. The molecule has 4 aromatic rings. The van der Waals surface area contributed by atoms with Crippen molar-refractivity contribution in [1.29, 1.82) is 0 Å². The second-order valence-electron chi connectivity index (χ2n) is 6.95. The molecule has 0 bridgehead atoms. The summed E-state index contributed by atoms with van der Waals surface area (Å²) in [5.41, 5.74) is 9.45. The lowest BCUT2D eigenvalue weighted by Crippen LogP contribution is -2.03. The minimum Gasteiger partial charge on any atom is -0.260 e. The first kappa shape index (κ1) is 17.9. The number of para-hydroxylation sites is 1. The van der Waals surface area contributed by atoms with Crippen LogP contribution in [0.1, 0.15) is 23.6 Å². The first-order valence-electron chi connectivity index (χ1n) is 9.31. The fourth-order valence-corrected chi connectivity index (χ4v) is 2.99. The number of hydrogen-bond acceptors (Lipinski definition) is 4. The van der Waals surface area contributed by atoms with E-state index in [1.165, 1.54) is 11.1 Å². The lowest BCUT2D eigenvalue weighted by molar-refractivity contribution is 1.18. The van der Waals surface area contributed by atoms with Crippen LogP contribution in [0.3, 0.4) is 0 Å². The van der Waals surface area contributed by atoms with Crippen molar-refractivity contribution in [3.8, 4) is 11.4 Å². The molecule has 0 fully saturated rings. The van der Waals surface area contributed by atoms with Crippen molar-refractivity contribution in [2.75, 3.05) is 5.43 Å². The molecule has 4 rings (SSSR count). The Morgan fingerprint density at radius 3 is 2.14 bits per heavy atom. The molecule has 3 aromatic carbocycles. The van der Waals surface area contributed by atoms with Gasteiger partial charge in [0.05, 0.1) is 11.2 Å². The monoisotopic (exact) mass is 366 g/mol. The lowest BCUT2D eigenvalue weighted by Gasteiger charge is -2.09. The van der Waals surface area contributed by atoms with Crippen LogP contribution in [-0.2, 0) is 0 Å². The third-order valence-corrected chi connectivity index (χ3v) is 4.71. The van der Waals surface area contributed by atoms with Crippen LogP contribution in [0.4, 0.5) is 5.82 Å². The molecule has 0 radical (unpaired) electrons. The van der Waals surface area contributed by atoms with Gasteiger partial charge in [-0.3, -0.25) is 5.43 Å². The Balaban J connectivity index is 1.73. The molecular weight excluding hydrogens is 344 g/mol.